The molecule has 1 N–H and O–H groups in total. The topological polar surface area (TPSA) is 62.1 Å². The van der Waals surface area contributed by atoms with Crippen molar-refractivity contribution < 1.29 is 9.53 Å². The first-order valence-electron chi connectivity index (χ1n) is 9.64. The van der Waals surface area contributed by atoms with Crippen LogP contribution in [0.25, 0.3) is 0 Å². The quantitative estimate of drug-likeness (QED) is 0.586. The van der Waals surface area contributed by atoms with Crippen LogP contribution in [0.2, 0.25) is 10.0 Å². The summed E-state index contributed by atoms with van der Waals surface area (Å²) in [6.45, 7) is 4.09. The van der Waals surface area contributed by atoms with Crippen LogP contribution in [0.4, 0.5) is 5.69 Å². The number of Topliss-reactive ketones (excluding diaryl/α,β-unsaturated/α-hetero) is 1. The summed E-state index contributed by atoms with van der Waals surface area (Å²) in [6.07, 6.45) is 1.03. The lowest BCUT2D eigenvalue weighted by atomic mass is 9.70. The Balaban J connectivity index is 1.84. The molecule has 0 saturated heterocycles. The first kappa shape index (κ1) is 20.5. The average molecular weight is 439 g/mol. The highest BCUT2D eigenvalue weighted by molar-refractivity contribution is 6.30. The summed E-state index contributed by atoms with van der Waals surface area (Å²) in [4.78, 5) is 13.1. The highest BCUT2D eigenvalue weighted by Gasteiger charge is 2.43. The molecule has 4 rings (SSSR count). The number of benzene rings is 2. The lowest BCUT2D eigenvalue weighted by molar-refractivity contribution is -0.119. The second-order valence-electron chi connectivity index (χ2n) is 8.35. The largest absolute Gasteiger partial charge is 0.444 e. The molecule has 0 saturated carbocycles. The summed E-state index contributed by atoms with van der Waals surface area (Å²) in [5.41, 5.74) is 2.28. The standard InChI is InChI=1S/C24H20Cl2N2O2/c1-24(2)11-19(29)22-20(12-24)30-23(28-17-9-7-16(26)8-10-17)18(13-27)21(22)14-3-5-15(25)6-4-14/h3-10,21,28H,11-12H2,1-2H3. The van der Waals surface area contributed by atoms with Crippen LogP contribution in [-0.2, 0) is 9.53 Å². The molecule has 152 valence electrons. The van der Waals surface area contributed by atoms with Crippen LogP contribution in [0.1, 0.15) is 38.2 Å². The van der Waals surface area contributed by atoms with E-state index in [9.17, 15) is 10.1 Å². The van der Waals surface area contributed by atoms with Gasteiger partial charge in [0, 0.05) is 34.1 Å². The predicted octanol–water partition coefficient (Wildman–Crippen LogP) is 6.60. The molecule has 2 aliphatic rings. The van der Waals surface area contributed by atoms with Gasteiger partial charge in [-0.2, -0.15) is 5.26 Å². The Morgan fingerprint density at radius 3 is 2.23 bits per heavy atom. The molecule has 0 spiro atoms. The molecule has 1 atom stereocenters. The fourth-order valence-corrected chi connectivity index (χ4v) is 4.26. The van der Waals surface area contributed by atoms with E-state index in [2.05, 4.69) is 11.4 Å². The highest BCUT2D eigenvalue weighted by Crippen LogP contribution is 2.48. The van der Waals surface area contributed by atoms with E-state index in [1.165, 1.54) is 0 Å². The van der Waals surface area contributed by atoms with Crippen molar-refractivity contribution in [3.63, 3.8) is 0 Å². The van der Waals surface area contributed by atoms with Gasteiger partial charge in [-0.15, -0.1) is 0 Å². The van der Waals surface area contributed by atoms with E-state index in [0.717, 1.165) is 11.3 Å². The minimum absolute atomic E-state index is 0.0134. The van der Waals surface area contributed by atoms with E-state index in [-0.39, 0.29) is 11.2 Å². The number of halogens is 2. The fraction of sp³-hybridized carbons (Fsp3) is 0.250. The van der Waals surface area contributed by atoms with E-state index in [1.807, 2.05) is 38.1 Å². The number of rotatable bonds is 3. The van der Waals surface area contributed by atoms with Gasteiger partial charge in [0.15, 0.2) is 5.78 Å². The maximum absolute atomic E-state index is 13.1. The number of hydrogen-bond donors (Lipinski definition) is 1. The van der Waals surface area contributed by atoms with E-state index in [0.29, 0.717) is 45.7 Å². The molecule has 0 radical (unpaired) electrons. The summed E-state index contributed by atoms with van der Waals surface area (Å²) < 4.78 is 6.16. The van der Waals surface area contributed by atoms with E-state index < -0.39 is 5.92 Å². The van der Waals surface area contributed by atoms with E-state index >= 15 is 0 Å². The molecular weight excluding hydrogens is 419 g/mol. The van der Waals surface area contributed by atoms with Crippen LogP contribution in [0.15, 0.2) is 71.3 Å². The number of ether oxygens (including phenoxy) is 1. The smallest absolute Gasteiger partial charge is 0.212 e. The summed E-state index contributed by atoms with van der Waals surface area (Å²) in [5, 5.41) is 14.4. The zero-order valence-corrected chi connectivity index (χ0v) is 18.1. The second-order valence-corrected chi connectivity index (χ2v) is 9.22. The third kappa shape index (κ3) is 3.96. The van der Waals surface area contributed by atoms with Gasteiger partial charge < -0.3 is 10.1 Å². The molecule has 0 amide bonds. The van der Waals surface area contributed by atoms with E-state index in [4.69, 9.17) is 27.9 Å². The number of carbonyl (C=O) groups is 1. The maximum atomic E-state index is 13.1. The van der Waals surface area contributed by atoms with Crippen molar-refractivity contribution in [1.82, 2.24) is 0 Å². The molecule has 0 fully saturated rings. The lowest BCUT2D eigenvalue weighted by Gasteiger charge is -2.38. The lowest BCUT2D eigenvalue weighted by Crippen LogP contribution is -2.33. The van der Waals surface area contributed by atoms with Crippen LogP contribution < -0.4 is 5.32 Å². The van der Waals surface area contributed by atoms with Gasteiger partial charge in [-0.05, 0) is 47.4 Å². The van der Waals surface area contributed by atoms with Gasteiger partial charge in [-0.3, -0.25) is 4.79 Å². The highest BCUT2D eigenvalue weighted by atomic mass is 35.5. The number of ketones is 1. The molecule has 1 heterocycles. The molecule has 4 nitrogen and oxygen atoms in total. The minimum Gasteiger partial charge on any atom is -0.444 e. The number of nitrogens with zero attached hydrogens (tertiary/aromatic N) is 1. The minimum atomic E-state index is -0.505. The van der Waals surface area contributed by atoms with Crippen molar-refractivity contribution in [1.29, 1.82) is 5.26 Å². The number of allylic oxidation sites excluding steroid dienone is 3. The van der Waals surface area contributed by atoms with Crippen molar-refractivity contribution in [3.05, 3.63) is 86.9 Å². The molecule has 2 aromatic rings. The summed E-state index contributed by atoms with van der Waals surface area (Å²) >= 11 is 12.1. The molecule has 1 aliphatic heterocycles. The second kappa shape index (κ2) is 7.83. The van der Waals surface area contributed by atoms with Gasteiger partial charge in [0.1, 0.15) is 17.4 Å². The van der Waals surface area contributed by atoms with Gasteiger partial charge in [-0.25, -0.2) is 0 Å². The molecule has 0 bridgehead atoms. The SMILES string of the molecule is CC1(C)CC(=O)C2=C(C1)OC(Nc1ccc(Cl)cc1)=C(C#N)C2c1ccc(Cl)cc1. The molecule has 2 aromatic carbocycles. The normalized spacial score (nSPS) is 20.4. The summed E-state index contributed by atoms with van der Waals surface area (Å²) in [6, 6.07) is 16.7. The van der Waals surface area contributed by atoms with Gasteiger partial charge in [-0.1, -0.05) is 49.2 Å². The maximum Gasteiger partial charge on any atom is 0.212 e. The Morgan fingerprint density at radius 2 is 1.63 bits per heavy atom. The molecular formula is C24H20Cl2N2O2. The monoisotopic (exact) mass is 438 g/mol. The molecule has 1 unspecified atom stereocenters. The Kier molecular flexibility index (Phi) is 5.36. The number of nitrogens with one attached hydrogen (secondary N) is 1. The van der Waals surface area contributed by atoms with Gasteiger partial charge in [0.05, 0.1) is 5.92 Å². The van der Waals surface area contributed by atoms with Gasteiger partial charge >= 0.3 is 0 Å². The third-order valence-electron chi connectivity index (χ3n) is 5.35. The Hall–Kier alpha value is -2.74. The van der Waals surface area contributed by atoms with Crippen LogP contribution in [0, 0.1) is 16.7 Å². The Morgan fingerprint density at radius 1 is 1.03 bits per heavy atom. The van der Waals surface area contributed by atoms with Crippen molar-refractivity contribution in [2.75, 3.05) is 5.32 Å². The number of carbonyl (C=O) groups excluding carboxylic acids is 1. The summed E-state index contributed by atoms with van der Waals surface area (Å²) in [5.74, 6) is 0.463. The van der Waals surface area contributed by atoms with Crippen LogP contribution in [0.5, 0.6) is 0 Å². The van der Waals surface area contributed by atoms with Crippen molar-refractivity contribution in [2.24, 2.45) is 5.41 Å². The van der Waals surface area contributed by atoms with Crippen LogP contribution >= 0.6 is 23.2 Å². The zero-order valence-electron chi connectivity index (χ0n) is 16.6. The van der Waals surface area contributed by atoms with Crippen molar-refractivity contribution in [3.8, 4) is 6.07 Å². The van der Waals surface area contributed by atoms with Crippen LogP contribution in [-0.4, -0.2) is 5.78 Å². The average Bonchev–Trinajstić information content (AvgIpc) is 2.68. The predicted molar refractivity (Wildman–Crippen MR) is 118 cm³/mol. The first-order valence-corrected chi connectivity index (χ1v) is 10.4. The van der Waals surface area contributed by atoms with Crippen LogP contribution in [0.3, 0.4) is 0 Å². The van der Waals surface area contributed by atoms with Gasteiger partial charge in [0.25, 0.3) is 0 Å². The number of hydrogen-bond acceptors (Lipinski definition) is 4. The summed E-state index contributed by atoms with van der Waals surface area (Å²) in [7, 11) is 0. The molecule has 30 heavy (non-hydrogen) atoms. The van der Waals surface area contributed by atoms with Gasteiger partial charge in [0.2, 0.25) is 5.88 Å². The Labute approximate surface area is 185 Å². The molecule has 0 aromatic heterocycles. The molecule has 1 aliphatic carbocycles. The van der Waals surface area contributed by atoms with E-state index in [1.54, 1.807) is 24.3 Å². The fourth-order valence-electron chi connectivity index (χ4n) is 4.01. The first-order chi connectivity index (χ1) is 14.3. The van der Waals surface area contributed by atoms with Crippen molar-refractivity contribution >= 4 is 34.7 Å². The number of nitriles is 1. The van der Waals surface area contributed by atoms with Crippen molar-refractivity contribution in [2.45, 2.75) is 32.6 Å². The number of anilines is 1. The Bertz CT molecular complexity index is 1110. The zero-order chi connectivity index (χ0) is 21.5. The molecule has 6 heteroatoms. The third-order valence-corrected chi connectivity index (χ3v) is 5.86.